The average Bonchev–Trinajstić information content (AvgIpc) is 3.24. The topological polar surface area (TPSA) is 190 Å². The zero-order valence-electron chi connectivity index (χ0n) is 32.9. The van der Waals surface area contributed by atoms with Crippen molar-refractivity contribution in [1.82, 2.24) is 0 Å². The van der Waals surface area contributed by atoms with Crippen molar-refractivity contribution >= 4 is 0 Å². The van der Waals surface area contributed by atoms with Crippen molar-refractivity contribution < 1.29 is 55.1 Å². The van der Waals surface area contributed by atoms with Gasteiger partial charge in [0.05, 0.1) is 12.2 Å². The van der Waals surface area contributed by atoms with Crippen LogP contribution in [-0.4, -0.2) is 119 Å². The van der Waals surface area contributed by atoms with Gasteiger partial charge in [-0.25, -0.2) is 0 Å². The van der Waals surface area contributed by atoms with E-state index in [1.807, 2.05) is 6.07 Å². The molecule has 0 radical (unpaired) electrons. The molecule has 2 aliphatic rings. The number of benzene rings is 5. The minimum Gasteiger partial charge on any atom is -0.390 e. The third-order valence-corrected chi connectivity index (χ3v) is 12.3. The molecule has 12 atom stereocenters. The van der Waals surface area contributed by atoms with Crippen LogP contribution in [0.15, 0.2) is 152 Å². The first kappa shape index (κ1) is 42.8. The van der Waals surface area contributed by atoms with Crippen molar-refractivity contribution in [2.45, 2.75) is 104 Å². The van der Waals surface area contributed by atoms with Crippen molar-refractivity contribution in [3.63, 3.8) is 0 Å². The summed E-state index contributed by atoms with van der Waals surface area (Å²) in [4.78, 5) is 0. The zero-order chi connectivity index (χ0) is 41.8. The third kappa shape index (κ3) is 8.14. The van der Waals surface area contributed by atoms with Crippen LogP contribution in [0.5, 0.6) is 0 Å². The van der Waals surface area contributed by atoms with E-state index in [-0.39, 0.29) is 19.3 Å². The Bertz CT molecular complexity index is 2060. The number of methoxy groups -OCH3 is 1. The van der Waals surface area contributed by atoms with Crippen molar-refractivity contribution in [3.05, 3.63) is 179 Å². The largest absolute Gasteiger partial charge is 0.390 e. The van der Waals surface area contributed by atoms with Gasteiger partial charge in [0.15, 0.2) is 17.5 Å². The molecule has 11 heteroatoms. The monoisotopic (exact) mass is 806 g/mol. The number of ether oxygens (including phenoxy) is 3. The smallest absolute Gasteiger partial charge is 0.189 e. The van der Waals surface area contributed by atoms with Gasteiger partial charge in [-0.1, -0.05) is 152 Å². The summed E-state index contributed by atoms with van der Waals surface area (Å²) in [6, 6.07) is 43.7. The second-order valence-corrected chi connectivity index (χ2v) is 16.1. The van der Waals surface area contributed by atoms with Gasteiger partial charge in [0.2, 0.25) is 0 Å². The summed E-state index contributed by atoms with van der Waals surface area (Å²) in [6.07, 6.45) is -16.3. The Morgan fingerprint density at radius 2 is 0.949 bits per heavy atom. The van der Waals surface area contributed by atoms with Gasteiger partial charge in [-0.2, -0.15) is 0 Å². The molecule has 2 unspecified atom stereocenters. The third-order valence-electron chi connectivity index (χ3n) is 12.3. The molecule has 2 saturated heterocycles. The molecule has 5 aromatic rings. The second kappa shape index (κ2) is 17.7. The summed E-state index contributed by atoms with van der Waals surface area (Å²) in [6.45, 7) is 0. The molecule has 0 amide bonds. The molecule has 5 aromatic carbocycles. The van der Waals surface area contributed by atoms with Gasteiger partial charge in [-0.3, -0.25) is 0 Å². The van der Waals surface area contributed by atoms with Crippen molar-refractivity contribution in [3.8, 4) is 0 Å². The maximum absolute atomic E-state index is 14.1. The fourth-order valence-electron chi connectivity index (χ4n) is 9.29. The lowest BCUT2D eigenvalue weighted by atomic mass is 9.55. The Hall–Kier alpha value is -4.34. The summed E-state index contributed by atoms with van der Waals surface area (Å²) in [7, 11) is 1.27. The molecule has 59 heavy (non-hydrogen) atoms. The minimum atomic E-state index is -3.08. The fraction of sp³-hybridized carbons (Fsp3) is 0.375. The lowest BCUT2D eigenvalue weighted by Gasteiger charge is -2.66. The van der Waals surface area contributed by atoms with Gasteiger partial charge in [0.25, 0.3) is 0 Å². The van der Waals surface area contributed by atoms with E-state index >= 15 is 0 Å². The van der Waals surface area contributed by atoms with E-state index < -0.39 is 84.3 Å². The first-order chi connectivity index (χ1) is 28.3. The summed E-state index contributed by atoms with van der Waals surface area (Å²) in [5.41, 5.74) is -8.48. The second-order valence-electron chi connectivity index (χ2n) is 16.1. The van der Waals surface area contributed by atoms with E-state index in [1.54, 1.807) is 146 Å². The number of aliphatic hydroxyl groups excluding tert-OH is 4. The van der Waals surface area contributed by atoms with Crippen LogP contribution in [0.3, 0.4) is 0 Å². The number of hydrogen-bond acceptors (Lipinski definition) is 11. The fourth-order valence-corrected chi connectivity index (χ4v) is 9.29. The van der Waals surface area contributed by atoms with Gasteiger partial charge >= 0.3 is 0 Å². The highest BCUT2D eigenvalue weighted by molar-refractivity contribution is 5.35. The number of hydrogen-bond donors (Lipinski definition) is 8. The summed E-state index contributed by atoms with van der Waals surface area (Å²) >= 11 is 0. The van der Waals surface area contributed by atoms with E-state index in [0.717, 1.165) is 0 Å². The van der Waals surface area contributed by atoms with E-state index in [1.165, 1.54) is 7.11 Å². The molecule has 2 aliphatic heterocycles. The Kier molecular flexibility index (Phi) is 12.8. The molecule has 312 valence electrons. The van der Waals surface area contributed by atoms with Crippen molar-refractivity contribution in [1.29, 1.82) is 0 Å². The quantitative estimate of drug-likeness (QED) is 0.0825. The van der Waals surface area contributed by atoms with Crippen LogP contribution < -0.4 is 0 Å². The maximum Gasteiger partial charge on any atom is 0.189 e. The predicted octanol–water partition coefficient (Wildman–Crippen LogP) is 2.71. The standard InChI is InChI=1S/C48H54O11/c1-57-44-46(54,30-35-23-13-5-14-24-35)47(55,31-36-25-15-6-16-26-36)48(56,42(59-44)38(50)28-33-19-9-3-10-20-33)43-45(53,29-34-21-11-4-12-22-34)41(52)39(51)40(58-43)37(49)27-32-17-7-2-8-18-32/h2-26,37-44,49-56H,27-31H2,1H3/t37?,38?,39-,40+,41-,42+,43+,44-,45+,46-,47+,48-/m0/s1. The Morgan fingerprint density at radius 1 is 0.542 bits per heavy atom. The molecule has 2 heterocycles. The van der Waals surface area contributed by atoms with Gasteiger partial charge in [-0.05, 0) is 27.8 Å². The molecule has 0 aliphatic carbocycles. The normalized spacial score (nSPS) is 33.2. The molecular formula is C48H54O11. The molecular weight excluding hydrogens is 753 g/mol. The molecule has 0 bridgehead atoms. The van der Waals surface area contributed by atoms with Gasteiger partial charge < -0.3 is 55.1 Å². The molecule has 0 saturated carbocycles. The van der Waals surface area contributed by atoms with Crippen LogP contribution in [-0.2, 0) is 46.3 Å². The summed E-state index contributed by atoms with van der Waals surface area (Å²) in [5, 5.41) is 103. The van der Waals surface area contributed by atoms with E-state index in [9.17, 15) is 40.9 Å². The lowest BCUT2D eigenvalue weighted by Crippen LogP contribution is -2.89. The highest BCUT2D eigenvalue weighted by atomic mass is 16.7. The van der Waals surface area contributed by atoms with Crippen LogP contribution in [0.2, 0.25) is 0 Å². The molecule has 0 aromatic heterocycles. The Labute approximate surface area is 344 Å². The Balaban J connectivity index is 1.48. The van der Waals surface area contributed by atoms with Gasteiger partial charge in [0, 0.05) is 39.2 Å². The Morgan fingerprint density at radius 3 is 1.41 bits per heavy atom. The minimum absolute atomic E-state index is 0.0634. The predicted molar refractivity (Wildman–Crippen MR) is 219 cm³/mol. The van der Waals surface area contributed by atoms with Crippen LogP contribution in [0.25, 0.3) is 0 Å². The molecule has 0 spiro atoms. The molecule has 11 nitrogen and oxygen atoms in total. The first-order valence-electron chi connectivity index (χ1n) is 20.0. The van der Waals surface area contributed by atoms with Gasteiger partial charge in [0.1, 0.15) is 41.7 Å². The SMILES string of the molecule is CO[C@H]1O[C@H](C(O)Cc2ccccc2)[C@](O)([C@@H]2O[C@H](C(O)Cc3ccccc3)[C@H](O)[C@H](O)[C@]2(O)Cc2ccccc2)[C@@](O)(Cc2ccccc2)[C@]1(O)Cc1ccccc1. The highest BCUT2D eigenvalue weighted by Gasteiger charge is 2.79. The maximum atomic E-state index is 14.1. The van der Waals surface area contributed by atoms with Crippen LogP contribution in [0.1, 0.15) is 27.8 Å². The molecule has 7 rings (SSSR count). The lowest BCUT2D eigenvalue weighted by molar-refractivity contribution is -0.441. The first-order valence-corrected chi connectivity index (χ1v) is 20.0. The molecule has 8 N–H and O–H groups in total. The van der Waals surface area contributed by atoms with Crippen LogP contribution in [0, 0.1) is 0 Å². The average molecular weight is 807 g/mol. The summed E-state index contributed by atoms with van der Waals surface area (Å²) in [5.74, 6) is 0. The summed E-state index contributed by atoms with van der Waals surface area (Å²) < 4.78 is 19.0. The van der Waals surface area contributed by atoms with E-state index in [2.05, 4.69) is 0 Å². The number of aliphatic hydroxyl groups is 8. The van der Waals surface area contributed by atoms with E-state index in [4.69, 9.17) is 14.2 Å². The van der Waals surface area contributed by atoms with Gasteiger partial charge in [-0.15, -0.1) is 0 Å². The number of rotatable bonds is 14. The molecule has 2 fully saturated rings. The van der Waals surface area contributed by atoms with Crippen molar-refractivity contribution in [2.24, 2.45) is 0 Å². The van der Waals surface area contributed by atoms with Crippen molar-refractivity contribution in [2.75, 3.05) is 7.11 Å². The van der Waals surface area contributed by atoms with E-state index in [0.29, 0.717) is 27.8 Å². The van der Waals surface area contributed by atoms with Crippen LogP contribution in [0.4, 0.5) is 0 Å². The zero-order valence-corrected chi connectivity index (χ0v) is 32.9. The van der Waals surface area contributed by atoms with Crippen LogP contribution >= 0.6 is 0 Å². The highest BCUT2D eigenvalue weighted by Crippen LogP contribution is 2.55.